The van der Waals surface area contributed by atoms with Crippen LogP contribution in [0.2, 0.25) is 0 Å². The zero-order valence-corrected chi connectivity index (χ0v) is 7.18. The number of hydrogen-bond donors (Lipinski definition) is 2. The molecular formula is C8H16N2O. The third-order valence-corrected chi connectivity index (χ3v) is 2.40. The number of nitrogens with one attached hydrogen (secondary N) is 2. The Bertz CT molecular complexity index is 145. The molecule has 11 heavy (non-hydrogen) atoms. The van der Waals surface area contributed by atoms with E-state index < -0.39 is 0 Å². The summed E-state index contributed by atoms with van der Waals surface area (Å²) in [6.45, 7) is 6.33. The summed E-state index contributed by atoms with van der Waals surface area (Å²) >= 11 is 0. The SMILES string of the molecule is CC1(C)CNCCC1NC=O. The predicted molar refractivity (Wildman–Crippen MR) is 44.3 cm³/mol. The summed E-state index contributed by atoms with van der Waals surface area (Å²) in [6.07, 6.45) is 1.84. The second-order valence-corrected chi connectivity index (χ2v) is 3.79. The van der Waals surface area contributed by atoms with Gasteiger partial charge in [-0.1, -0.05) is 13.8 Å². The number of carbonyl (C=O) groups excluding carboxylic acids is 1. The van der Waals surface area contributed by atoms with E-state index in [1.807, 2.05) is 0 Å². The topological polar surface area (TPSA) is 41.1 Å². The molecular weight excluding hydrogens is 140 g/mol. The Morgan fingerprint density at radius 3 is 2.91 bits per heavy atom. The van der Waals surface area contributed by atoms with E-state index in [1.165, 1.54) is 0 Å². The van der Waals surface area contributed by atoms with Crippen LogP contribution in [0.1, 0.15) is 20.3 Å². The van der Waals surface area contributed by atoms with Crippen LogP contribution >= 0.6 is 0 Å². The first-order valence-electron chi connectivity index (χ1n) is 4.07. The van der Waals surface area contributed by atoms with E-state index in [-0.39, 0.29) is 5.41 Å². The molecule has 0 aromatic carbocycles. The summed E-state index contributed by atoms with van der Waals surface area (Å²) in [4.78, 5) is 10.2. The number of hydrogen-bond acceptors (Lipinski definition) is 2. The number of carbonyl (C=O) groups is 1. The van der Waals surface area contributed by atoms with E-state index in [2.05, 4.69) is 24.5 Å². The highest BCUT2D eigenvalue weighted by Gasteiger charge is 2.31. The Labute approximate surface area is 67.5 Å². The van der Waals surface area contributed by atoms with Gasteiger partial charge in [0.2, 0.25) is 6.41 Å². The standard InChI is InChI=1S/C8H16N2O/c1-8(2)5-9-4-3-7(8)10-6-11/h6-7,9H,3-5H2,1-2H3,(H,10,11). The van der Waals surface area contributed by atoms with E-state index in [0.29, 0.717) is 6.04 Å². The van der Waals surface area contributed by atoms with Crippen molar-refractivity contribution in [3.8, 4) is 0 Å². The van der Waals surface area contributed by atoms with Crippen molar-refractivity contribution in [1.82, 2.24) is 10.6 Å². The Morgan fingerprint density at radius 2 is 2.36 bits per heavy atom. The van der Waals surface area contributed by atoms with E-state index in [4.69, 9.17) is 0 Å². The van der Waals surface area contributed by atoms with Gasteiger partial charge >= 0.3 is 0 Å². The highest BCUT2D eigenvalue weighted by molar-refractivity contribution is 5.47. The Hall–Kier alpha value is -0.570. The van der Waals surface area contributed by atoms with Crippen LogP contribution in [-0.2, 0) is 4.79 Å². The zero-order chi connectivity index (χ0) is 8.32. The second kappa shape index (κ2) is 3.22. The molecule has 1 amide bonds. The first-order valence-corrected chi connectivity index (χ1v) is 4.07. The fourth-order valence-electron chi connectivity index (χ4n) is 1.56. The van der Waals surface area contributed by atoms with Gasteiger partial charge in [0.25, 0.3) is 0 Å². The van der Waals surface area contributed by atoms with Crippen LogP contribution in [0.3, 0.4) is 0 Å². The number of rotatable bonds is 2. The summed E-state index contributed by atoms with van der Waals surface area (Å²) < 4.78 is 0. The quantitative estimate of drug-likeness (QED) is 0.558. The maximum absolute atomic E-state index is 10.2. The van der Waals surface area contributed by atoms with Crippen molar-refractivity contribution < 1.29 is 4.79 Å². The lowest BCUT2D eigenvalue weighted by molar-refractivity contribution is -0.111. The molecule has 0 aromatic heterocycles. The zero-order valence-electron chi connectivity index (χ0n) is 7.18. The molecule has 3 nitrogen and oxygen atoms in total. The van der Waals surface area contributed by atoms with Gasteiger partial charge in [0, 0.05) is 12.6 Å². The molecule has 1 fully saturated rings. The smallest absolute Gasteiger partial charge is 0.207 e. The third kappa shape index (κ3) is 1.93. The average Bonchev–Trinajstić information content (AvgIpc) is 1.94. The molecule has 0 saturated carbocycles. The average molecular weight is 156 g/mol. The Balaban J connectivity index is 2.52. The van der Waals surface area contributed by atoms with Crippen molar-refractivity contribution in [2.24, 2.45) is 5.41 Å². The Morgan fingerprint density at radius 1 is 1.64 bits per heavy atom. The van der Waals surface area contributed by atoms with Crippen LogP contribution in [0.4, 0.5) is 0 Å². The van der Waals surface area contributed by atoms with Crippen LogP contribution in [-0.4, -0.2) is 25.5 Å². The summed E-state index contributed by atoms with van der Waals surface area (Å²) in [7, 11) is 0. The molecule has 3 heteroatoms. The largest absolute Gasteiger partial charge is 0.355 e. The molecule has 0 radical (unpaired) electrons. The van der Waals surface area contributed by atoms with Gasteiger partial charge in [-0.25, -0.2) is 0 Å². The van der Waals surface area contributed by atoms with Gasteiger partial charge in [-0.2, -0.15) is 0 Å². The lowest BCUT2D eigenvalue weighted by atomic mass is 9.80. The Kier molecular flexibility index (Phi) is 2.49. The van der Waals surface area contributed by atoms with E-state index in [0.717, 1.165) is 25.9 Å². The van der Waals surface area contributed by atoms with E-state index in [1.54, 1.807) is 0 Å². The first-order chi connectivity index (χ1) is 5.17. The molecule has 1 aliphatic heterocycles. The molecule has 0 spiro atoms. The van der Waals surface area contributed by atoms with Crippen molar-refractivity contribution in [3.05, 3.63) is 0 Å². The monoisotopic (exact) mass is 156 g/mol. The van der Waals surface area contributed by atoms with Crippen molar-refractivity contribution in [2.45, 2.75) is 26.3 Å². The van der Waals surface area contributed by atoms with Gasteiger partial charge in [0.1, 0.15) is 0 Å². The second-order valence-electron chi connectivity index (χ2n) is 3.79. The first kappa shape index (κ1) is 8.53. The molecule has 1 rings (SSSR count). The van der Waals surface area contributed by atoms with E-state index >= 15 is 0 Å². The maximum atomic E-state index is 10.2. The molecule has 1 heterocycles. The maximum Gasteiger partial charge on any atom is 0.207 e. The van der Waals surface area contributed by atoms with Crippen molar-refractivity contribution in [2.75, 3.05) is 13.1 Å². The van der Waals surface area contributed by atoms with Crippen molar-refractivity contribution >= 4 is 6.41 Å². The van der Waals surface area contributed by atoms with Crippen molar-refractivity contribution in [1.29, 1.82) is 0 Å². The number of amides is 1. The van der Waals surface area contributed by atoms with Crippen LogP contribution in [0, 0.1) is 5.41 Å². The summed E-state index contributed by atoms with van der Waals surface area (Å²) in [5, 5.41) is 6.16. The fraction of sp³-hybridized carbons (Fsp3) is 0.875. The minimum atomic E-state index is 0.194. The third-order valence-electron chi connectivity index (χ3n) is 2.40. The molecule has 1 atom stereocenters. The van der Waals surface area contributed by atoms with Crippen LogP contribution in [0.15, 0.2) is 0 Å². The predicted octanol–water partition coefficient (Wildman–Crippen LogP) is 0.120. The number of piperidine rings is 1. The van der Waals surface area contributed by atoms with Gasteiger partial charge in [-0.05, 0) is 18.4 Å². The minimum Gasteiger partial charge on any atom is -0.355 e. The van der Waals surface area contributed by atoms with Gasteiger partial charge in [0.15, 0.2) is 0 Å². The van der Waals surface area contributed by atoms with Crippen molar-refractivity contribution in [3.63, 3.8) is 0 Å². The van der Waals surface area contributed by atoms with E-state index in [9.17, 15) is 4.79 Å². The van der Waals surface area contributed by atoms with Gasteiger partial charge < -0.3 is 10.6 Å². The van der Waals surface area contributed by atoms with Crippen LogP contribution in [0.5, 0.6) is 0 Å². The minimum absolute atomic E-state index is 0.194. The summed E-state index contributed by atoms with van der Waals surface area (Å²) in [5.74, 6) is 0. The molecule has 0 aliphatic carbocycles. The van der Waals surface area contributed by atoms with Gasteiger partial charge in [0.05, 0.1) is 0 Å². The molecule has 1 saturated heterocycles. The molecule has 0 aromatic rings. The molecule has 1 unspecified atom stereocenters. The summed E-state index contributed by atoms with van der Waals surface area (Å²) in [6, 6.07) is 0.334. The molecule has 0 bridgehead atoms. The van der Waals surface area contributed by atoms with Gasteiger partial charge in [-0.3, -0.25) is 4.79 Å². The van der Waals surface area contributed by atoms with Gasteiger partial charge in [-0.15, -0.1) is 0 Å². The van der Waals surface area contributed by atoms with Crippen LogP contribution in [0.25, 0.3) is 0 Å². The lowest BCUT2D eigenvalue weighted by Gasteiger charge is -2.38. The van der Waals surface area contributed by atoms with Crippen LogP contribution < -0.4 is 10.6 Å². The molecule has 2 N–H and O–H groups in total. The highest BCUT2D eigenvalue weighted by Crippen LogP contribution is 2.24. The normalized spacial score (nSPS) is 29.5. The molecule has 64 valence electrons. The summed E-state index contributed by atoms with van der Waals surface area (Å²) in [5.41, 5.74) is 0.194. The highest BCUT2D eigenvalue weighted by atomic mass is 16.1. The fourth-order valence-corrected chi connectivity index (χ4v) is 1.56. The lowest BCUT2D eigenvalue weighted by Crippen LogP contribution is -2.52. The molecule has 1 aliphatic rings.